The van der Waals surface area contributed by atoms with Crippen LogP contribution in [0.1, 0.15) is 18.9 Å². The van der Waals surface area contributed by atoms with Gasteiger partial charge in [0.25, 0.3) is 5.91 Å². The van der Waals surface area contributed by atoms with Crippen molar-refractivity contribution in [3.05, 3.63) is 53.8 Å². The molecule has 2 aromatic rings. The fourth-order valence-electron chi connectivity index (χ4n) is 2.55. The van der Waals surface area contributed by atoms with Gasteiger partial charge in [0.1, 0.15) is 11.6 Å². The normalized spacial score (nSPS) is 13.4. The average Bonchev–Trinajstić information content (AvgIpc) is 3.06. The van der Waals surface area contributed by atoms with Crippen LogP contribution in [-0.2, 0) is 11.2 Å². The van der Waals surface area contributed by atoms with E-state index in [9.17, 15) is 9.18 Å². The number of amides is 1. The molecule has 0 saturated carbocycles. The zero-order valence-electron chi connectivity index (χ0n) is 14.0. The van der Waals surface area contributed by atoms with Crippen molar-refractivity contribution in [3.8, 4) is 17.2 Å². The summed E-state index contributed by atoms with van der Waals surface area (Å²) < 4.78 is 29.2. The van der Waals surface area contributed by atoms with Crippen LogP contribution < -0.4 is 19.5 Å². The summed E-state index contributed by atoms with van der Waals surface area (Å²) in [5, 5.41) is 2.83. The van der Waals surface area contributed by atoms with Crippen molar-refractivity contribution in [2.45, 2.75) is 25.9 Å². The highest BCUT2D eigenvalue weighted by atomic mass is 19.1. The number of hydrogen-bond donors (Lipinski definition) is 1. The van der Waals surface area contributed by atoms with Crippen LogP contribution >= 0.6 is 0 Å². The van der Waals surface area contributed by atoms with Crippen LogP contribution in [0.15, 0.2) is 42.5 Å². The lowest BCUT2D eigenvalue weighted by Gasteiger charge is -2.15. The molecule has 1 N–H and O–H groups in total. The molecule has 1 amide bonds. The number of carbonyl (C=O) groups excluding carboxylic acids is 1. The van der Waals surface area contributed by atoms with E-state index < -0.39 is 6.10 Å². The fourth-order valence-corrected chi connectivity index (χ4v) is 2.55. The molecule has 0 aromatic heterocycles. The summed E-state index contributed by atoms with van der Waals surface area (Å²) in [7, 11) is 0. The largest absolute Gasteiger partial charge is 0.481 e. The molecular weight excluding hydrogens is 325 g/mol. The van der Waals surface area contributed by atoms with E-state index in [1.54, 1.807) is 31.2 Å². The number of benzene rings is 2. The number of rotatable bonds is 7. The minimum absolute atomic E-state index is 0.195. The van der Waals surface area contributed by atoms with Crippen LogP contribution in [0.5, 0.6) is 17.2 Å². The van der Waals surface area contributed by atoms with Crippen molar-refractivity contribution in [1.29, 1.82) is 0 Å². The van der Waals surface area contributed by atoms with Crippen molar-refractivity contribution in [3.63, 3.8) is 0 Å². The summed E-state index contributed by atoms with van der Waals surface area (Å²) in [6, 6.07) is 11.7. The summed E-state index contributed by atoms with van der Waals surface area (Å²) >= 11 is 0. The molecule has 1 heterocycles. The molecule has 5 nitrogen and oxygen atoms in total. The van der Waals surface area contributed by atoms with Crippen LogP contribution in [0.25, 0.3) is 0 Å². The molecular formula is C19H20FNO4. The summed E-state index contributed by atoms with van der Waals surface area (Å²) in [5.41, 5.74) is 0.916. The number of halogens is 1. The van der Waals surface area contributed by atoms with Gasteiger partial charge in [-0.15, -0.1) is 0 Å². The Kier molecular flexibility index (Phi) is 5.38. The second-order valence-electron chi connectivity index (χ2n) is 5.80. The highest BCUT2D eigenvalue weighted by Crippen LogP contribution is 2.35. The predicted octanol–water partition coefficient (Wildman–Crippen LogP) is 3.07. The number of carbonyl (C=O) groups is 1. The molecule has 0 saturated heterocycles. The summed E-state index contributed by atoms with van der Waals surface area (Å²) in [5.74, 6) is 1.39. The molecule has 132 valence electrons. The number of ether oxygens (including phenoxy) is 3. The Bertz CT molecular complexity index is 750. The van der Waals surface area contributed by atoms with Gasteiger partial charge in [-0.25, -0.2) is 4.39 Å². The lowest BCUT2D eigenvalue weighted by Crippen LogP contribution is -2.36. The first-order chi connectivity index (χ1) is 12.1. The van der Waals surface area contributed by atoms with Gasteiger partial charge < -0.3 is 19.5 Å². The second kappa shape index (κ2) is 7.88. The smallest absolute Gasteiger partial charge is 0.260 e. The Morgan fingerprint density at radius 1 is 1.24 bits per heavy atom. The standard InChI is InChI=1S/C19H20FNO4/c1-13(25-16-7-8-17-18(11-16)24-12-23-17)19(22)21-9-3-5-14-4-2-6-15(20)10-14/h2,4,6-8,10-11,13H,3,5,9,12H2,1H3,(H,21,22)/t13-/m0/s1. The van der Waals surface area contributed by atoms with Crippen molar-refractivity contribution in [1.82, 2.24) is 5.32 Å². The van der Waals surface area contributed by atoms with Crippen molar-refractivity contribution in [2.24, 2.45) is 0 Å². The summed E-state index contributed by atoms with van der Waals surface area (Å²) in [6.45, 7) is 2.39. The number of hydrogen-bond acceptors (Lipinski definition) is 4. The van der Waals surface area contributed by atoms with Gasteiger partial charge in [0.05, 0.1) is 0 Å². The third kappa shape index (κ3) is 4.62. The highest BCUT2D eigenvalue weighted by Gasteiger charge is 2.17. The molecule has 0 fully saturated rings. The molecule has 3 rings (SSSR count). The van der Waals surface area contributed by atoms with Crippen LogP contribution in [0.2, 0.25) is 0 Å². The van der Waals surface area contributed by atoms with Crippen molar-refractivity contribution < 1.29 is 23.4 Å². The van der Waals surface area contributed by atoms with Crippen LogP contribution in [0.3, 0.4) is 0 Å². The molecule has 6 heteroatoms. The second-order valence-corrected chi connectivity index (χ2v) is 5.80. The zero-order chi connectivity index (χ0) is 17.6. The molecule has 1 aliphatic heterocycles. The van der Waals surface area contributed by atoms with Gasteiger partial charge in [0.15, 0.2) is 17.6 Å². The number of aryl methyl sites for hydroxylation is 1. The first-order valence-electron chi connectivity index (χ1n) is 8.20. The highest BCUT2D eigenvalue weighted by molar-refractivity contribution is 5.80. The Hall–Kier alpha value is -2.76. The van der Waals surface area contributed by atoms with Crippen LogP contribution in [-0.4, -0.2) is 25.3 Å². The van der Waals surface area contributed by atoms with E-state index in [1.165, 1.54) is 12.1 Å². The molecule has 1 aliphatic rings. The van der Waals surface area contributed by atoms with E-state index in [4.69, 9.17) is 14.2 Å². The van der Waals surface area contributed by atoms with Gasteiger partial charge >= 0.3 is 0 Å². The molecule has 2 aromatic carbocycles. The van der Waals surface area contributed by atoms with Crippen molar-refractivity contribution >= 4 is 5.91 Å². The van der Waals surface area contributed by atoms with Gasteiger partial charge in [0, 0.05) is 12.6 Å². The Balaban J connectivity index is 1.42. The topological polar surface area (TPSA) is 56.8 Å². The molecule has 0 unspecified atom stereocenters. The van der Waals surface area contributed by atoms with Gasteiger partial charge in [-0.2, -0.15) is 0 Å². The lowest BCUT2D eigenvalue weighted by molar-refractivity contribution is -0.127. The van der Waals surface area contributed by atoms with E-state index in [0.717, 1.165) is 12.0 Å². The minimum Gasteiger partial charge on any atom is -0.481 e. The van der Waals surface area contributed by atoms with E-state index >= 15 is 0 Å². The number of nitrogens with one attached hydrogen (secondary N) is 1. The van der Waals surface area contributed by atoms with Gasteiger partial charge in [0.2, 0.25) is 6.79 Å². The first kappa shape index (κ1) is 17.1. The summed E-state index contributed by atoms with van der Waals surface area (Å²) in [6.07, 6.45) is 0.802. The Morgan fingerprint density at radius 2 is 2.08 bits per heavy atom. The quantitative estimate of drug-likeness (QED) is 0.784. The molecule has 0 bridgehead atoms. The maximum absolute atomic E-state index is 13.1. The lowest BCUT2D eigenvalue weighted by atomic mass is 10.1. The minimum atomic E-state index is -0.630. The first-order valence-corrected chi connectivity index (χ1v) is 8.20. The van der Waals surface area contributed by atoms with E-state index in [1.807, 2.05) is 6.07 Å². The van der Waals surface area contributed by atoms with E-state index in [2.05, 4.69) is 5.32 Å². The third-order valence-corrected chi connectivity index (χ3v) is 3.86. The number of fused-ring (bicyclic) bond motifs is 1. The van der Waals surface area contributed by atoms with Crippen LogP contribution in [0.4, 0.5) is 4.39 Å². The molecule has 0 spiro atoms. The van der Waals surface area contributed by atoms with Crippen LogP contribution in [0, 0.1) is 5.82 Å². The maximum Gasteiger partial charge on any atom is 0.260 e. The van der Waals surface area contributed by atoms with Crippen molar-refractivity contribution in [2.75, 3.05) is 13.3 Å². The molecule has 25 heavy (non-hydrogen) atoms. The Morgan fingerprint density at radius 3 is 2.92 bits per heavy atom. The van der Waals surface area contributed by atoms with Gasteiger partial charge in [-0.1, -0.05) is 12.1 Å². The van der Waals surface area contributed by atoms with Gasteiger partial charge in [-0.05, 0) is 49.6 Å². The average molecular weight is 345 g/mol. The van der Waals surface area contributed by atoms with E-state index in [0.29, 0.717) is 30.2 Å². The molecule has 1 atom stereocenters. The maximum atomic E-state index is 13.1. The Labute approximate surface area is 145 Å². The predicted molar refractivity (Wildman–Crippen MR) is 90.4 cm³/mol. The molecule has 0 aliphatic carbocycles. The monoisotopic (exact) mass is 345 g/mol. The molecule has 0 radical (unpaired) electrons. The van der Waals surface area contributed by atoms with Gasteiger partial charge in [-0.3, -0.25) is 4.79 Å². The van der Waals surface area contributed by atoms with E-state index in [-0.39, 0.29) is 18.5 Å². The SMILES string of the molecule is C[C@H](Oc1ccc2c(c1)OCO2)C(=O)NCCCc1cccc(F)c1. The third-order valence-electron chi connectivity index (χ3n) is 3.86. The summed E-state index contributed by atoms with van der Waals surface area (Å²) in [4.78, 5) is 12.1. The zero-order valence-corrected chi connectivity index (χ0v) is 14.0. The fraction of sp³-hybridized carbons (Fsp3) is 0.316.